The zero-order valence-corrected chi connectivity index (χ0v) is 10.9. The average Bonchev–Trinajstić information content (AvgIpc) is 2.77. The molecule has 4 N–H and O–H groups in total. The summed E-state index contributed by atoms with van der Waals surface area (Å²) < 4.78 is 13.9. The van der Waals surface area contributed by atoms with Gasteiger partial charge in [-0.15, -0.1) is 12.4 Å². The van der Waals surface area contributed by atoms with Crippen molar-refractivity contribution in [2.24, 2.45) is 5.73 Å². The van der Waals surface area contributed by atoms with Gasteiger partial charge in [-0.3, -0.25) is 5.41 Å². The van der Waals surface area contributed by atoms with Crippen molar-refractivity contribution in [2.45, 2.75) is 18.9 Å². The molecule has 1 saturated heterocycles. The maximum absolute atomic E-state index is 13.9. The first-order chi connectivity index (χ1) is 8.50. The van der Waals surface area contributed by atoms with Crippen LogP contribution < -0.4 is 10.6 Å². The summed E-state index contributed by atoms with van der Waals surface area (Å²) in [4.78, 5) is 12.6. The van der Waals surface area contributed by atoms with Crippen molar-refractivity contribution in [3.05, 3.63) is 29.6 Å². The summed E-state index contributed by atoms with van der Waals surface area (Å²) in [7, 11) is 0. The predicted octanol–water partition coefficient (Wildman–Crippen LogP) is 1.58. The molecule has 5 nitrogen and oxygen atoms in total. The summed E-state index contributed by atoms with van der Waals surface area (Å²) in [6.07, 6.45) is 1.24. The zero-order valence-electron chi connectivity index (χ0n) is 10.1. The van der Waals surface area contributed by atoms with E-state index in [1.54, 1.807) is 4.90 Å². The Hall–Kier alpha value is -1.82. The molecule has 1 aromatic carbocycles. The fourth-order valence-electron chi connectivity index (χ4n) is 2.22. The maximum Gasteiger partial charge on any atom is 0.326 e. The minimum absolute atomic E-state index is 0. The average molecular weight is 288 g/mol. The van der Waals surface area contributed by atoms with Crippen molar-refractivity contribution < 1.29 is 14.3 Å². The first kappa shape index (κ1) is 15.2. The molecule has 0 amide bonds. The minimum atomic E-state index is -0.942. The van der Waals surface area contributed by atoms with Crippen LogP contribution in [0.15, 0.2) is 18.2 Å². The smallest absolute Gasteiger partial charge is 0.326 e. The molecule has 19 heavy (non-hydrogen) atoms. The number of nitrogens with one attached hydrogen (secondary N) is 1. The molecular weight excluding hydrogens is 273 g/mol. The summed E-state index contributed by atoms with van der Waals surface area (Å²) >= 11 is 0. The number of hydrogen-bond acceptors (Lipinski definition) is 3. The summed E-state index contributed by atoms with van der Waals surface area (Å²) in [5.74, 6) is -1.70. The normalized spacial score (nSPS) is 17.9. The lowest BCUT2D eigenvalue weighted by Crippen LogP contribution is -2.36. The van der Waals surface area contributed by atoms with E-state index in [9.17, 15) is 9.18 Å². The molecule has 1 heterocycles. The van der Waals surface area contributed by atoms with Gasteiger partial charge in [0, 0.05) is 12.1 Å². The van der Waals surface area contributed by atoms with E-state index in [0.717, 1.165) is 12.5 Å². The van der Waals surface area contributed by atoms with Gasteiger partial charge in [0.15, 0.2) is 0 Å². The third-order valence-electron chi connectivity index (χ3n) is 3.11. The second-order valence-corrected chi connectivity index (χ2v) is 4.27. The highest BCUT2D eigenvalue weighted by molar-refractivity contribution is 5.95. The summed E-state index contributed by atoms with van der Waals surface area (Å²) in [5.41, 5.74) is 5.82. The van der Waals surface area contributed by atoms with Crippen LogP contribution in [0.25, 0.3) is 0 Å². The predicted molar refractivity (Wildman–Crippen MR) is 72.7 cm³/mol. The standard InChI is InChI=1S/C12H14FN3O2.ClH/c13-8-6-7(11(14)15)3-4-9(8)16-5-1-2-10(16)12(17)18;/h3-4,6,10H,1-2,5H2,(H3,14,15)(H,17,18);1H. The third-order valence-corrected chi connectivity index (χ3v) is 3.11. The number of nitrogens with two attached hydrogens (primary N) is 1. The highest BCUT2D eigenvalue weighted by atomic mass is 35.5. The molecule has 1 atom stereocenters. The van der Waals surface area contributed by atoms with Gasteiger partial charge in [0.05, 0.1) is 5.69 Å². The van der Waals surface area contributed by atoms with Gasteiger partial charge in [0.25, 0.3) is 0 Å². The second kappa shape index (κ2) is 5.88. The van der Waals surface area contributed by atoms with Crippen molar-refractivity contribution in [2.75, 3.05) is 11.4 Å². The number of amidine groups is 1. The number of hydrogen-bond donors (Lipinski definition) is 3. The first-order valence-corrected chi connectivity index (χ1v) is 5.64. The van der Waals surface area contributed by atoms with Crippen LogP contribution in [0.2, 0.25) is 0 Å². The van der Waals surface area contributed by atoms with Crippen LogP contribution in [-0.4, -0.2) is 29.5 Å². The number of rotatable bonds is 3. The SMILES string of the molecule is Cl.N=C(N)c1ccc(N2CCCC2C(=O)O)c(F)c1. The van der Waals surface area contributed by atoms with Crippen LogP contribution in [0.3, 0.4) is 0 Å². The Bertz CT molecular complexity index is 510. The van der Waals surface area contributed by atoms with Gasteiger partial charge in [-0.25, -0.2) is 9.18 Å². The summed E-state index contributed by atoms with van der Waals surface area (Å²) in [6.45, 7) is 0.521. The van der Waals surface area contributed by atoms with E-state index >= 15 is 0 Å². The van der Waals surface area contributed by atoms with Gasteiger partial charge in [-0.05, 0) is 31.0 Å². The molecule has 1 unspecified atom stereocenters. The lowest BCUT2D eigenvalue weighted by Gasteiger charge is -2.24. The number of benzene rings is 1. The van der Waals surface area contributed by atoms with E-state index in [-0.39, 0.29) is 23.9 Å². The van der Waals surface area contributed by atoms with Crippen molar-refractivity contribution in [3.63, 3.8) is 0 Å². The van der Waals surface area contributed by atoms with Crippen molar-refractivity contribution >= 4 is 29.9 Å². The molecule has 1 aliphatic rings. The van der Waals surface area contributed by atoms with Crippen molar-refractivity contribution in [3.8, 4) is 0 Å². The first-order valence-electron chi connectivity index (χ1n) is 5.64. The number of carboxylic acids is 1. The zero-order chi connectivity index (χ0) is 13.3. The number of aliphatic carboxylic acids is 1. The number of nitrogen functional groups attached to an aromatic ring is 1. The number of carboxylic acid groups (broad SMARTS) is 1. The topological polar surface area (TPSA) is 90.4 Å². The molecule has 1 fully saturated rings. The van der Waals surface area contributed by atoms with Gasteiger partial charge in [-0.1, -0.05) is 0 Å². The Balaban J connectivity index is 0.00000180. The van der Waals surface area contributed by atoms with Crippen LogP contribution >= 0.6 is 12.4 Å². The van der Waals surface area contributed by atoms with E-state index < -0.39 is 17.8 Å². The lowest BCUT2D eigenvalue weighted by atomic mass is 10.1. The van der Waals surface area contributed by atoms with Gasteiger partial charge < -0.3 is 15.7 Å². The number of halogens is 2. The number of anilines is 1. The number of carbonyl (C=O) groups is 1. The molecule has 0 aromatic heterocycles. The molecular formula is C12H15ClFN3O2. The molecule has 0 spiro atoms. The Labute approximate surface area is 116 Å². The van der Waals surface area contributed by atoms with Gasteiger partial charge in [-0.2, -0.15) is 0 Å². The molecule has 0 radical (unpaired) electrons. The molecule has 0 aliphatic carbocycles. The fraction of sp³-hybridized carbons (Fsp3) is 0.333. The molecule has 1 aromatic rings. The third kappa shape index (κ3) is 2.96. The van der Waals surface area contributed by atoms with Crippen LogP contribution in [0.1, 0.15) is 18.4 Å². The van der Waals surface area contributed by atoms with E-state index in [1.807, 2.05) is 0 Å². The molecule has 2 rings (SSSR count). The Kier molecular flexibility index (Phi) is 4.72. The van der Waals surface area contributed by atoms with Gasteiger partial charge in [0.2, 0.25) is 0 Å². The quantitative estimate of drug-likeness (QED) is 0.581. The van der Waals surface area contributed by atoms with Crippen LogP contribution in [0.4, 0.5) is 10.1 Å². The summed E-state index contributed by atoms with van der Waals surface area (Å²) in [6, 6.07) is 3.49. The Morgan fingerprint density at radius 1 is 1.53 bits per heavy atom. The largest absolute Gasteiger partial charge is 0.480 e. The van der Waals surface area contributed by atoms with Crippen LogP contribution in [-0.2, 0) is 4.79 Å². The second-order valence-electron chi connectivity index (χ2n) is 4.27. The monoisotopic (exact) mass is 287 g/mol. The highest BCUT2D eigenvalue weighted by Gasteiger charge is 2.32. The highest BCUT2D eigenvalue weighted by Crippen LogP contribution is 2.28. The molecule has 0 saturated carbocycles. The van der Waals surface area contributed by atoms with E-state index in [0.29, 0.717) is 18.5 Å². The minimum Gasteiger partial charge on any atom is -0.480 e. The van der Waals surface area contributed by atoms with E-state index in [1.165, 1.54) is 12.1 Å². The van der Waals surface area contributed by atoms with E-state index in [2.05, 4.69) is 0 Å². The van der Waals surface area contributed by atoms with Crippen LogP contribution in [0, 0.1) is 11.2 Å². The Morgan fingerprint density at radius 2 is 2.21 bits per heavy atom. The lowest BCUT2D eigenvalue weighted by molar-refractivity contribution is -0.138. The van der Waals surface area contributed by atoms with Crippen molar-refractivity contribution in [1.29, 1.82) is 5.41 Å². The Morgan fingerprint density at radius 3 is 2.74 bits per heavy atom. The molecule has 1 aliphatic heterocycles. The molecule has 104 valence electrons. The van der Waals surface area contributed by atoms with E-state index in [4.69, 9.17) is 16.2 Å². The molecule has 7 heteroatoms. The molecule has 0 bridgehead atoms. The summed E-state index contributed by atoms with van der Waals surface area (Å²) in [5, 5.41) is 16.3. The van der Waals surface area contributed by atoms with Crippen molar-refractivity contribution in [1.82, 2.24) is 0 Å². The van der Waals surface area contributed by atoms with Crippen LogP contribution in [0.5, 0.6) is 0 Å². The maximum atomic E-state index is 13.9. The fourth-order valence-corrected chi connectivity index (χ4v) is 2.22. The van der Waals surface area contributed by atoms with Gasteiger partial charge in [0.1, 0.15) is 17.7 Å². The van der Waals surface area contributed by atoms with Gasteiger partial charge >= 0.3 is 5.97 Å². The number of nitrogens with zero attached hydrogens (tertiary/aromatic N) is 1.